The van der Waals surface area contributed by atoms with E-state index in [-0.39, 0.29) is 0 Å². The second-order valence-electron chi connectivity index (χ2n) is 5.12. The highest BCUT2D eigenvalue weighted by Crippen LogP contribution is 2.11. The highest BCUT2D eigenvalue weighted by molar-refractivity contribution is 5.96. The van der Waals surface area contributed by atoms with Crippen molar-refractivity contribution < 1.29 is 4.59 Å². The Bertz CT molecular complexity index is 545. The van der Waals surface area contributed by atoms with E-state index in [0.717, 1.165) is 12.1 Å². The Kier molecular flexibility index (Phi) is 3.97. The molecule has 0 fully saturated rings. The number of hydrogen-bond acceptors (Lipinski definition) is 1. The Morgan fingerprint density at radius 1 is 0.947 bits per heavy atom. The second-order valence-corrected chi connectivity index (χ2v) is 5.12. The second kappa shape index (κ2) is 5.67. The Hall–Kier alpha value is -2.13. The average Bonchev–Trinajstić information content (AvgIpc) is 2.39. The van der Waals surface area contributed by atoms with Gasteiger partial charge in [-0.3, -0.25) is 0 Å². The highest BCUT2D eigenvalue weighted by atomic mass is 15.6. The van der Waals surface area contributed by atoms with E-state index in [1.165, 1.54) is 5.56 Å². The topological polar surface area (TPSA) is 38.4 Å². The molecule has 0 aliphatic heterocycles. The van der Waals surface area contributed by atoms with E-state index in [9.17, 15) is 0 Å². The summed E-state index contributed by atoms with van der Waals surface area (Å²) in [5.41, 5.74) is 8.28. The minimum atomic E-state index is 0.477. The van der Waals surface area contributed by atoms with Crippen LogP contribution in [0.5, 0.6) is 0 Å². The number of nitrogens with zero attached hydrogens (tertiary/aromatic N) is 2. The van der Waals surface area contributed by atoms with Gasteiger partial charge in [-0.25, -0.2) is 0 Å². The third-order valence-electron chi connectivity index (χ3n) is 2.86. The third kappa shape index (κ3) is 3.93. The number of amidine groups is 1. The first-order chi connectivity index (χ1) is 9.07. The summed E-state index contributed by atoms with van der Waals surface area (Å²) in [5, 5.41) is 4.61. The summed E-state index contributed by atoms with van der Waals surface area (Å²) in [6.07, 6.45) is 0. The standard InChI is InChI=1S/C16H20N3/c1-19(2,13-14-9-5-3-6-10-14)18-16(17)15-11-7-4-8-12-15/h3-12H,13H2,1-2H3,(H2,17,18)/q+1. The average molecular weight is 254 g/mol. The molecule has 0 saturated heterocycles. The fourth-order valence-electron chi connectivity index (χ4n) is 2.02. The number of benzene rings is 2. The van der Waals surface area contributed by atoms with Gasteiger partial charge in [0, 0.05) is 11.1 Å². The molecular formula is C16H20N3+. The first kappa shape index (κ1) is 13.3. The molecule has 3 heteroatoms. The minimum absolute atomic E-state index is 0.477. The van der Waals surface area contributed by atoms with Gasteiger partial charge in [-0.15, -0.1) is 0 Å². The van der Waals surface area contributed by atoms with Gasteiger partial charge in [0.15, 0.2) is 5.84 Å². The molecule has 19 heavy (non-hydrogen) atoms. The van der Waals surface area contributed by atoms with E-state index >= 15 is 0 Å². The molecule has 2 aromatic rings. The van der Waals surface area contributed by atoms with Crippen LogP contribution in [0.3, 0.4) is 0 Å². The molecule has 0 atom stereocenters. The molecule has 0 radical (unpaired) electrons. The molecule has 2 N–H and O–H groups in total. The summed E-state index contributed by atoms with van der Waals surface area (Å²) in [4.78, 5) is 0. The van der Waals surface area contributed by atoms with Crippen molar-refractivity contribution >= 4 is 5.84 Å². The molecule has 3 nitrogen and oxygen atoms in total. The van der Waals surface area contributed by atoms with Crippen LogP contribution in [0.25, 0.3) is 0 Å². The predicted octanol–water partition coefficient (Wildman–Crippen LogP) is 2.58. The van der Waals surface area contributed by atoms with Crippen LogP contribution in [0.2, 0.25) is 0 Å². The zero-order valence-corrected chi connectivity index (χ0v) is 11.5. The van der Waals surface area contributed by atoms with Crippen molar-refractivity contribution in [3.05, 3.63) is 71.8 Å². The Morgan fingerprint density at radius 3 is 2.05 bits per heavy atom. The lowest BCUT2D eigenvalue weighted by Gasteiger charge is -2.23. The van der Waals surface area contributed by atoms with E-state index in [0.29, 0.717) is 10.4 Å². The van der Waals surface area contributed by atoms with Gasteiger partial charge in [0.25, 0.3) is 0 Å². The van der Waals surface area contributed by atoms with Crippen LogP contribution in [-0.2, 0) is 6.54 Å². The Balaban J connectivity index is 2.16. The molecule has 0 aromatic heterocycles. The summed E-state index contributed by atoms with van der Waals surface area (Å²) >= 11 is 0. The molecule has 2 rings (SSSR count). The van der Waals surface area contributed by atoms with Gasteiger partial charge < -0.3 is 5.73 Å². The van der Waals surface area contributed by atoms with E-state index in [4.69, 9.17) is 5.73 Å². The van der Waals surface area contributed by atoms with Gasteiger partial charge in [0.05, 0.1) is 14.1 Å². The molecule has 0 spiro atoms. The zero-order valence-electron chi connectivity index (χ0n) is 11.5. The van der Waals surface area contributed by atoms with Crippen molar-refractivity contribution in [2.24, 2.45) is 10.8 Å². The van der Waals surface area contributed by atoms with Crippen LogP contribution < -0.4 is 5.73 Å². The predicted molar refractivity (Wildman–Crippen MR) is 79.4 cm³/mol. The van der Waals surface area contributed by atoms with Crippen molar-refractivity contribution in [1.29, 1.82) is 0 Å². The maximum atomic E-state index is 6.07. The molecule has 0 aliphatic rings. The van der Waals surface area contributed by atoms with Crippen LogP contribution in [0.1, 0.15) is 11.1 Å². The molecule has 0 aliphatic carbocycles. The van der Waals surface area contributed by atoms with E-state index < -0.39 is 0 Å². The van der Waals surface area contributed by atoms with Crippen LogP contribution >= 0.6 is 0 Å². The van der Waals surface area contributed by atoms with Crippen molar-refractivity contribution in [3.8, 4) is 0 Å². The van der Waals surface area contributed by atoms with Crippen LogP contribution in [0.4, 0.5) is 0 Å². The van der Waals surface area contributed by atoms with Crippen molar-refractivity contribution in [2.75, 3.05) is 14.1 Å². The summed E-state index contributed by atoms with van der Waals surface area (Å²) < 4.78 is 0.477. The van der Waals surface area contributed by atoms with Gasteiger partial charge in [-0.1, -0.05) is 65.8 Å². The monoisotopic (exact) mass is 254 g/mol. The smallest absolute Gasteiger partial charge is 0.186 e. The maximum Gasteiger partial charge on any atom is 0.186 e. The van der Waals surface area contributed by atoms with Crippen LogP contribution in [0.15, 0.2) is 65.8 Å². The lowest BCUT2D eigenvalue weighted by atomic mass is 10.2. The molecule has 0 amide bonds. The fraction of sp³-hybridized carbons (Fsp3) is 0.188. The lowest BCUT2D eigenvalue weighted by Crippen LogP contribution is -2.35. The third-order valence-corrected chi connectivity index (χ3v) is 2.86. The van der Waals surface area contributed by atoms with E-state index in [1.54, 1.807) is 0 Å². The van der Waals surface area contributed by atoms with Gasteiger partial charge in [-0.05, 0) is 0 Å². The quantitative estimate of drug-likeness (QED) is 0.387. The number of nitrogens with two attached hydrogens (primary N) is 1. The fourth-order valence-corrected chi connectivity index (χ4v) is 2.02. The largest absolute Gasteiger partial charge is 0.379 e. The minimum Gasteiger partial charge on any atom is -0.379 e. The van der Waals surface area contributed by atoms with Gasteiger partial charge in [-0.2, -0.15) is 4.59 Å². The van der Waals surface area contributed by atoms with E-state index in [2.05, 4.69) is 17.2 Å². The normalized spacial score (nSPS) is 12.4. The highest BCUT2D eigenvalue weighted by Gasteiger charge is 2.16. The maximum absolute atomic E-state index is 6.07. The van der Waals surface area contributed by atoms with Gasteiger partial charge >= 0.3 is 0 Å². The number of quaternary nitrogens is 1. The molecule has 0 saturated carbocycles. The lowest BCUT2D eigenvalue weighted by molar-refractivity contribution is -0.910. The Labute approximate surface area is 114 Å². The van der Waals surface area contributed by atoms with E-state index in [1.807, 2.05) is 62.6 Å². The van der Waals surface area contributed by atoms with Crippen LogP contribution in [-0.4, -0.2) is 24.5 Å². The first-order valence-corrected chi connectivity index (χ1v) is 6.35. The molecule has 2 aromatic carbocycles. The molecule has 0 heterocycles. The zero-order chi connectivity index (χ0) is 13.7. The van der Waals surface area contributed by atoms with Crippen molar-refractivity contribution in [1.82, 2.24) is 0 Å². The molecule has 0 unspecified atom stereocenters. The molecule has 0 bridgehead atoms. The van der Waals surface area contributed by atoms with Gasteiger partial charge in [0.1, 0.15) is 6.54 Å². The molecule has 98 valence electrons. The Morgan fingerprint density at radius 2 is 1.47 bits per heavy atom. The summed E-state index contributed by atoms with van der Waals surface area (Å²) in [6, 6.07) is 20.2. The first-order valence-electron chi connectivity index (χ1n) is 6.35. The number of hydrogen-bond donors (Lipinski definition) is 1. The van der Waals surface area contributed by atoms with Crippen molar-refractivity contribution in [2.45, 2.75) is 6.54 Å². The van der Waals surface area contributed by atoms with Crippen LogP contribution in [0, 0.1) is 0 Å². The SMILES string of the molecule is C[N+](C)(Cc1ccccc1)/N=C(\N)c1ccccc1. The summed E-state index contributed by atoms with van der Waals surface area (Å²) in [5.74, 6) is 0.571. The summed E-state index contributed by atoms with van der Waals surface area (Å²) in [6.45, 7) is 0.814. The molecular weight excluding hydrogens is 234 g/mol. The summed E-state index contributed by atoms with van der Waals surface area (Å²) in [7, 11) is 4.09. The number of rotatable bonds is 4. The van der Waals surface area contributed by atoms with Crippen molar-refractivity contribution in [3.63, 3.8) is 0 Å². The van der Waals surface area contributed by atoms with Gasteiger partial charge in [0.2, 0.25) is 0 Å².